The Hall–Kier alpha value is -0.740. The molecule has 0 saturated heterocycles. The topological polar surface area (TPSA) is 57.7 Å². The molecular formula is C8H12NO4P. The Balaban J connectivity index is 2.52. The van der Waals surface area contributed by atoms with E-state index in [4.69, 9.17) is 4.52 Å². The van der Waals surface area contributed by atoms with E-state index in [1.54, 1.807) is 18.3 Å². The van der Waals surface area contributed by atoms with Gasteiger partial charge >= 0.3 is 7.82 Å². The van der Waals surface area contributed by atoms with Gasteiger partial charge in [0.2, 0.25) is 0 Å². The molecule has 0 bridgehead atoms. The summed E-state index contributed by atoms with van der Waals surface area (Å²) in [5.41, 5.74) is 0.668. The van der Waals surface area contributed by atoms with Crippen LogP contribution in [0.15, 0.2) is 24.4 Å². The third kappa shape index (κ3) is 3.20. The number of hydrogen-bond acceptors (Lipinski definition) is 5. The summed E-state index contributed by atoms with van der Waals surface area (Å²) in [6.45, 7) is 0.0970. The Bertz CT molecular complexity index is 308. The monoisotopic (exact) mass is 217 g/mol. The van der Waals surface area contributed by atoms with Crippen molar-refractivity contribution in [1.29, 1.82) is 0 Å². The normalized spacial score (nSPS) is 11.6. The molecular weight excluding hydrogens is 205 g/mol. The number of rotatable bonds is 5. The highest BCUT2D eigenvalue weighted by Gasteiger charge is 2.22. The van der Waals surface area contributed by atoms with Gasteiger partial charge in [-0.1, -0.05) is 6.07 Å². The average Bonchev–Trinajstić information content (AvgIpc) is 2.27. The molecule has 0 amide bonds. The Morgan fingerprint density at radius 3 is 2.57 bits per heavy atom. The van der Waals surface area contributed by atoms with E-state index >= 15 is 0 Å². The SMILES string of the molecule is COP(=O)(OC)OCc1ccccn1. The van der Waals surface area contributed by atoms with Gasteiger partial charge in [0.15, 0.2) is 0 Å². The minimum Gasteiger partial charge on any atom is -0.290 e. The molecule has 0 unspecified atom stereocenters. The number of phosphoric acid groups is 1. The average molecular weight is 217 g/mol. The van der Waals surface area contributed by atoms with Crippen molar-refractivity contribution in [2.45, 2.75) is 6.61 Å². The molecule has 5 nitrogen and oxygen atoms in total. The fourth-order valence-corrected chi connectivity index (χ4v) is 1.46. The van der Waals surface area contributed by atoms with Crippen LogP contribution >= 0.6 is 7.82 Å². The quantitative estimate of drug-likeness (QED) is 0.706. The number of hydrogen-bond donors (Lipinski definition) is 0. The standard InChI is InChI=1S/C8H12NO4P/c1-11-14(10,12-2)13-7-8-5-3-4-6-9-8/h3-6H,7H2,1-2H3. The van der Waals surface area contributed by atoms with Crippen LogP contribution in [0.2, 0.25) is 0 Å². The highest BCUT2D eigenvalue weighted by molar-refractivity contribution is 7.48. The first-order valence-corrected chi connectivity index (χ1v) is 5.42. The van der Waals surface area contributed by atoms with E-state index in [1.807, 2.05) is 6.07 Å². The zero-order valence-electron chi connectivity index (χ0n) is 8.04. The van der Waals surface area contributed by atoms with Crippen LogP contribution in [0, 0.1) is 0 Å². The predicted octanol–water partition coefficient (Wildman–Crippen LogP) is 2.00. The first-order chi connectivity index (χ1) is 6.70. The molecule has 1 rings (SSSR count). The third-order valence-electron chi connectivity index (χ3n) is 1.54. The summed E-state index contributed by atoms with van der Waals surface area (Å²) in [6.07, 6.45) is 1.63. The molecule has 0 spiro atoms. The van der Waals surface area contributed by atoms with Gasteiger partial charge in [0.25, 0.3) is 0 Å². The second-order valence-electron chi connectivity index (χ2n) is 2.41. The summed E-state index contributed by atoms with van der Waals surface area (Å²) in [4.78, 5) is 3.99. The van der Waals surface area contributed by atoms with Crippen LogP contribution in [-0.2, 0) is 24.7 Å². The zero-order chi connectivity index (χ0) is 10.4. The number of nitrogens with zero attached hydrogens (tertiary/aromatic N) is 1. The van der Waals surface area contributed by atoms with Crippen LogP contribution in [0.3, 0.4) is 0 Å². The molecule has 0 aliphatic carbocycles. The molecule has 1 aromatic rings. The molecule has 1 heterocycles. The van der Waals surface area contributed by atoms with E-state index in [1.165, 1.54) is 14.2 Å². The van der Waals surface area contributed by atoms with Crippen LogP contribution < -0.4 is 0 Å². The van der Waals surface area contributed by atoms with Crippen molar-refractivity contribution in [3.05, 3.63) is 30.1 Å². The lowest BCUT2D eigenvalue weighted by atomic mass is 10.4. The number of phosphoric ester groups is 1. The fraction of sp³-hybridized carbons (Fsp3) is 0.375. The van der Waals surface area contributed by atoms with Crippen molar-refractivity contribution in [3.8, 4) is 0 Å². The molecule has 0 aliphatic heterocycles. The first kappa shape index (κ1) is 11.3. The molecule has 1 aromatic heterocycles. The maximum atomic E-state index is 11.4. The Kier molecular flexibility index (Phi) is 4.22. The summed E-state index contributed by atoms with van der Waals surface area (Å²) < 4.78 is 25.6. The van der Waals surface area contributed by atoms with E-state index in [2.05, 4.69) is 14.0 Å². The van der Waals surface area contributed by atoms with Gasteiger partial charge in [-0.2, -0.15) is 0 Å². The molecule has 6 heteroatoms. The largest absolute Gasteiger partial charge is 0.474 e. The van der Waals surface area contributed by atoms with Crippen molar-refractivity contribution < 1.29 is 18.1 Å². The fourth-order valence-electron chi connectivity index (χ4n) is 0.809. The van der Waals surface area contributed by atoms with E-state index in [9.17, 15) is 4.57 Å². The lowest BCUT2D eigenvalue weighted by Gasteiger charge is -2.12. The van der Waals surface area contributed by atoms with Crippen molar-refractivity contribution in [1.82, 2.24) is 4.98 Å². The summed E-state index contributed by atoms with van der Waals surface area (Å²) in [6, 6.07) is 5.36. The van der Waals surface area contributed by atoms with Gasteiger partial charge in [-0.3, -0.25) is 18.6 Å². The maximum Gasteiger partial charge on any atom is 0.474 e. The Morgan fingerprint density at radius 1 is 1.36 bits per heavy atom. The van der Waals surface area contributed by atoms with Crippen LogP contribution in [0.1, 0.15) is 5.69 Å². The summed E-state index contributed by atoms with van der Waals surface area (Å²) >= 11 is 0. The van der Waals surface area contributed by atoms with Gasteiger partial charge in [-0.15, -0.1) is 0 Å². The molecule has 0 radical (unpaired) electrons. The molecule has 0 aromatic carbocycles. The van der Waals surface area contributed by atoms with Gasteiger partial charge in [-0.05, 0) is 12.1 Å². The van der Waals surface area contributed by atoms with Crippen molar-refractivity contribution >= 4 is 7.82 Å². The van der Waals surface area contributed by atoms with E-state index in [0.29, 0.717) is 5.69 Å². The second-order valence-corrected chi connectivity index (χ2v) is 4.29. The van der Waals surface area contributed by atoms with Gasteiger partial charge in [0.1, 0.15) is 6.61 Å². The molecule has 0 atom stereocenters. The van der Waals surface area contributed by atoms with Gasteiger partial charge in [-0.25, -0.2) is 4.57 Å². The van der Waals surface area contributed by atoms with E-state index in [0.717, 1.165) is 0 Å². The summed E-state index contributed by atoms with van der Waals surface area (Å²) in [7, 11) is -0.853. The number of aromatic nitrogens is 1. The highest BCUT2D eigenvalue weighted by Crippen LogP contribution is 2.48. The Labute approximate surface area is 82.6 Å². The highest BCUT2D eigenvalue weighted by atomic mass is 31.2. The van der Waals surface area contributed by atoms with Gasteiger partial charge in [0, 0.05) is 20.4 Å². The van der Waals surface area contributed by atoms with E-state index < -0.39 is 7.82 Å². The zero-order valence-corrected chi connectivity index (χ0v) is 8.94. The lowest BCUT2D eigenvalue weighted by Crippen LogP contribution is -1.97. The van der Waals surface area contributed by atoms with Crippen molar-refractivity contribution in [2.24, 2.45) is 0 Å². The minimum absolute atomic E-state index is 0.0970. The maximum absolute atomic E-state index is 11.4. The smallest absolute Gasteiger partial charge is 0.290 e. The molecule has 0 fully saturated rings. The Morgan fingerprint density at radius 2 is 2.07 bits per heavy atom. The lowest BCUT2D eigenvalue weighted by molar-refractivity contribution is 0.144. The predicted molar refractivity (Wildman–Crippen MR) is 50.7 cm³/mol. The molecule has 14 heavy (non-hydrogen) atoms. The third-order valence-corrected chi connectivity index (χ3v) is 2.88. The minimum atomic E-state index is -3.39. The first-order valence-electron chi connectivity index (χ1n) is 3.96. The van der Waals surface area contributed by atoms with Crippen LogP contribution in [0.4, 0.5) is 0 Å². The second kappa shape index (κ2) is 5.22. The van der Waals surface area contributed by atoms with Crippen LogP contribution in [0.25, 0.3) is 0 Å². The van der Waals surface area contributed by atoms with Crippen LogP contribution in [0.5, 0.6) is 0 Å². The summed E-state index contributed by atoms with van der Waals surface area (Å²) in [5.74, 6) is 0. The number of pyridine rings is 1. The van der Waals surface area contributed by atoms with Crippen molar-refractivity contribution in [2.75, 3.05) is 14.2 Å². The van der Waals surface area contributed by atoms with E-state index in [-0.39, 0.29) is 6.61 Å². The molecule has 0 aliphatic rings. The van der Waals surface area contributed by atoms with Crippen molar-refractivity contribution in [3.63, 3.8) is 0 Å². The van der Waals surface area contributed by atoms with Crippen LogP contribution in [-0.4, -0.2) is 19.2 Å². The molecule has 78 valence electrons. The van der Waals surface area contributed by atoms with Gasteiger partial charge in [0.05, 0.1) is 5.69 Å². The summed E-state index contributed by atoms with van der Waals surface area (Å²) in [5, 5.41) is 0. The molecule has 0 N–H and O–H groups in total. The molecule has 0 saturated carbocycles. The van der Waals surface area contributed by atoms with Gasteiger partial charge < -0.3 is 0 Å².